The minimum Gasteiger partial charge on any atom is -0.480 e. The van der Waals surface area contributed by atoms with E-state index < -0.39 is 12.0 Å². The molecule has 2 heterocycles. The average Bonchev–Trinajstić information content (AvgIpc) is 3.00. The van der Waals surface area contributed by atoms with Gasteiger partial charge in [-0.05, 0) is 6.92 Å². The Morgan fingerprint density at radius 3 is 3.11 bits per heavy atom. The summed E-state index contributed by atoms with van der Waals surface area (Å²) in [6.07, 6.45) is 3.32. The fourth-order valence-electron chi connectivity index (χ4n) is 1.70. The number of H-pyrrole nitrogens is 1. The van der Waals surface area contributed by atoms with Gasteiger partial charge in [-0.1, -0.05) is 0 Å². The first-order chi connectivity index (χ1) is 8.59. The standard InChI is InChI=1S/C10H14N4O3S/c1-6(7-2-11-12-3-7)13-10(17)14-5-18-4-8(14)9(15)16/h2-3,6,8H,4-5H2,1H3,(H,11,12)(H,13,17)(H,15,16)/t6?,8-/m0/s1. The summed E-state index contributed by atoms with van der Waals surface area (Å²) < 4.78 is 0. The van der Waals surface area contributed by atoms with Crippen LogP contribution in [0.1, 0.15) is 18.5 Å². The van der Waals surface area contributed by atoms with E-state index in [1.165, 1.54) is 16.7 Å². The molecule has 2 rings (SSSR count). The van der Waals surface area contributed by atoms with Gasteiger partial charge in [-0.2, -0.15) is 5.10 Å². The smallest absolute Gasteiger partial charge is 0.327 e. The Hall–Kier alpha value is -1.70. The molecule has 1 saturated heterocycles. The predicted molar refractivity (Wildman–Crippen MR) is 66.1 cm³/mol. The van der Waals surface area contributed by atoms with Crippen molar-refractivity contribution < 1.29 is 14.7 Å². The molecule has 1 aliphatic rings. The summed E-state index contributed by atoms with van der Waals surface area (Å²) in [4.78, 5) is 24.3. The second kappa shape index (κ2) is 5.30. The molecule has 0 spiro atoms. The van der Waals surface area contributed by atoms with Gasteiger partial charge in [-0.3, -0.25) is 5.10 Å². The van der Waals surface area contributed by atoms with E-state index in [9.17, 15) is 9.59 Å². The van der Waals surface area contributed by atoms with Gasteiger partial charge in [0.2, 0.25) is 0 Å². The minimum atomic E-state index is -0.967. The third-order valence-corrected chi connectivity index (χ3v) is 3.80. The van der Waals surface area contributed by atoms with Crippen molar-refractivity contribution in [3.8, 4) is 0 Å². The number of urea groups is 1. The van der Waals surface area contributed by atoms with Crippen molar-refractivity contribution in [1.82, 2.24) is 20.4 Å². The van der Waals surface area contributed by atoms with E-state index in [2.05, 4.69) is 15.5 Å². The van der Waals surface area contributed by atoms with Gasteiger partial charge in [0.25, 0.3) is 0 Å². The van der Waals surface area contributed by atoms with Crippen LogP contribution in [0.4, 0.5) is 4.79 Å². The van der Waals surface area contributed by atoms with Crippen molar-refractivity contribution in [3.63, 3.8) is 0 Å². The number of aromatic nitrogens is 2. The number of carboxylic acids is 1. The molecule has 1 aromatic heterocycles. The second-order valence-electron chi connectivity index (χ2n) is 4.03. The van der Waals surface area contributed by atoms with E-state index in [1.54, 1.807) is 12.4 Å². The third-order valence-electron chi connectivity index (χ3n) is 2.79. The van der Waals surface area contributed by atoms with Crippen molar-refractivity contribution in [3.05, 3.63) is 18.0 Å². The predicted octanol–water partition coefficient (Wildman–Crippen LogP) is 0.640. The molecule has 2 amide bonds. The zero-order valence-electron chi connectivity index (χ0n) is 9.79. The summed E-state index contributed by atoms with van der Waals surface area (Å²) in [5, 5.41) is 18.2. The number of nitrogens with zero attached hydrogens (tertiary/aromatic N) is 2. The highest BCUT2D eigenvalue weighted by molar-refractivity contribution is 7.99. The molecule has 7 nitrogen and oxygen atoms in total. The highest BCUT2D eigenvalue weighted by Gasteiger charge is 2.35. The van der Waals surface area contributed by atoms with Crippen LogP contribution < -0.4 is 5.32 Å². The lowest BCUT2D eigenvalue weighted by molar-refractivity contribution is -0.140. The van der Waals surface area contributed by atoms with Crippen LogP contribution in [0.25, 0.3) is 0 Å². The van der Waals surface area contributed by atoms with Crippen LogP contribution in [0, 0.1) is 0 Å². The van der Waals surface area contributed by atoms with Crippen molar-refractivity contribution in [2.24, 2.45) is 0 Å². The number of thioether (sulfide) groups is 1. The largest absolute Gasteiger partial charge is 0.480 e. The Labute approximate surface area is 108 Å². The van der Waals surface area contributed by atoms with Gasteiger partial charge >= 0.3 is 12.0 Å². The fraction of sp³-hybridized carbons (Fsp3) is 0.500. The summed E-state index contributed by atoms with van der Waals surface area (Å²) in [5.74, 6) is -0.130. The Kier molecular flexibility index (Phi) is 3.75. The van der Waals surface area contributed by atoms with Gasteiger partial charge in [0.15, 0.2) is 0 Å². The van der Waals surface area contributed by atoms with Crippen LogP contribution in [0.2, 0.25) is 0 Å². The summed E-state index contributed by atoms with van der Waals surface area (Å²) in [6, 6.07) is -1.32. The van der Waals surface area contributed by atoms with Gasteiger partial charge in [0.05, 0.1) is 18.1 Å². The highest BCUT2D eigenvalue weighted by atomic mass is 32.2. The van der Waals surface area contributed by atoms with Crippen molar-refractivity contribution in [2.45, 2.75) is 19.0 Å². The first-order valence-electron chi connectivity index (χ1n) is 5.46. The normalized spacial score (nSPS) is 20.7. The van der Waals surface area contributed by atoms with E-state index in [0.29, 0.717) is 11.6 Å². The van der Waals surface area contributed by atoms with E-state index in [0.717, 1.165) is 5.56 Å². The van der Waals surface area contributed by atoms with Crippen molar-refractivity contribution in [2.75, 3.05) is 11.6 Å². The molecule has 18 heavy (non-hydrogen) atoms. The molecule has 1 unspecified atom stereocenters. The number of carbonyl (C=O) groups is 2. The van der Waals surface area contributed by atoms with Gasteiger partial charge < -0.3 is 15.3 Å². The van der Waals surface area contributed by atoms with Crippen LogP contribution >= 0.6 is 11.8 Å². The van der Waals surface area contributed by atoms with Crippen LogP contribution in [0.5, 0.6) is 0 Å². The average molecular weight is 270 g/mol. The maximum absolute atomic E-state index is 12.0. The molecule has 0 aliphatic carbocycles. The van der Waals surface area contributed by atoms with Crippen LogP contribution in [0.3, 0.4) is 0 Å². The Morgan fingerprint density at radius 1 is 1.72 bits per heavy atom. The maximum atomic E-state index is 12.0. The van der Waals surface area contributed by atoms with Gasteiger partial charge in [-0.25, -0.2) is 9.59 Å². The highest BCUT2D eigenvalue weighted by Crippen LogP contribution is 2.21. The Bertz CT molecular complexity index is 436. The summed E-state index contributed by atoms with van der Waals surface area (Å²) >= 11 is 1.44. The number of rotatable bonds is 3. The molecular weight excluding hydrogens is 256 g/mol. The third kappa shape index (κ3) is 2.58. The Morgan fingerprint density at radius 2 is 2.50 bits per heavy atom. The Balaban J connectivity index is 1.97. The summed E-state index contributed by atoms with van der Waals surface area (Å²) in [6.45, 7) is 1.82. The molecule has 1 aliphatic heterocycles. The molecule has 0 bridgehead atoms. The zero-order chi connectivity index (χ0) is 13.1. The van der Waals surface area contributed by atoms with Crippen molar-refractivity contribution in [1.29, 1.82) is 0 Å². The molecule has 1 fully saturated rings. The second-order valence-corrected chi connectivity index (χ2v) is 5.03. The lowest BCUT2D eigenvalue weighted by atomic mass is 10.2. The van der Waals surface area contributed by atoms with E-state index >= 15 is 0 Å². The molecule has 3 N–H and O–H groups in total. The summed E-state index contributed by atoms with van der Waals surface area (Å²) in [5.41, 5.74) is 0.849. The first kappa shape index (κ1) is 12.7. The lowest BCUT2D eigenvalue weighted by Gasteiger charge is -2.23. The molecule has 8 heteroatoms. The minimum absolute atomic E-state index is 0.212. The quantitative estimate of drug-likeness (QED) is 0.748. The van der Waals surface area contributed by atoms with Crippen LogP contribution in [-0.4, -0.2) is 49.9 Å². The summed E-state index contributed by atoms with van der Waals surface area (Å²) in [7, 11) is 0. The van der Waals surface area contributed by atoms with Crippen LogP contribution in [-0.2, 0) is 4.79 Å². The molecular formula is C10H14N4O3S. The number of aromatic amines is 1. The number of nitrogens with one attached hydrogen (secondary N) is 2. The molecule has 2 atom stereocenters. The molecule has 98 valence electrons. The SMILES string of the molecule is CC(NC(=O)N1CSC[C@H]1C(=O)O)c1cn[nH]c1. The number of amides is 2. The van der Waals surface area contributed by atoms with Crippen molar-refractivity contribution >= 4 is 23.8 Å². The number of hydrogen-bond donors (Lipinski definition) is 3. The zero-order valence-corrected chi connectivity index (χ0v) is 10.6. The lowest BCUT2D eigenvalue weighted by Crippen LogP contribution is -2.47. The van der Waals surface area contributed by atoms with Gasteiger partial charge in [-0.15, -0.1) is 11.8 Å². The van der Waals surface area contributed by atoms with E-state index in [1.807, 2.05) is 6.92 Å². The number of hydrogen-bond acceptors (Lipinski definition) is 4. The van der Waals surface area contributed by atoms with E-state index in [4.69, 9.17) is 5.11 Å². The maximum Gasteiger partial charge on any atom is 0.327 e. The molecule has 1 aromatic rings. The van der Waals surface area contributed by atoms with Gasteiger partial charge in [0, 0.05) is 17.5 Å². The van der Waals surface area contributed by atoms with E-state index in [-0.39, 0.29) is 12.1 Å². The molecule has 0 saturated carbocycles. The first-order valence-corrected chi connectivity index (χ1v) is 6.61. The number of carboxylic acid groups (broad SMARTS) is 1. The topological polar surface area (TPSA) is 98.3 Å². The number of aliphatic carboxylic acids is 1. The molecule has 0 aromatic carbocycles. The molecule has 0 radical (unpaired) electrons. The van der Waals surface area contributed by atoms with Crippen LogP contribution in [0.15, 0.2) is 12.4 Å². The van der Waals surface area contributed by atoms with Gasteiger partial charge in [0.1, 0.15) is 6.04 Å². The number of carbonyl (C=O) groups excluding carboxylic acids is 1. The monoisotopic (exact) mass is 270 g/mol. The fourth-order valence-corrected chi connectivity index (χ4v) is 2.84.